The van der Waals surface area contributed by atoms with Gasteiger partial charge in [0.2, 0.25) is 5.91 Å². The molecule has 0 spiro atoms. The zero-order chi connectivity index (χ0) is 11.0. The Labute approximate surface area is 93.8 Å². The van der Waals surface area contributed by atoms with Gasteiger partial charge in [-0.25, -0.2) is 0 Å². The molecule has 0 saturated carbocycles. The van der Waals surface area contributed by atoms with Gasteiger partial charge in [-0.05, 0) is 24.6 Å². The lowest BCUT2D eigenvalue weighted by atomic mass is 9.89. The maximum absolute atomic E-state index is 11.4. The predicted molar refractivity (Wildman–Crippen MR) is 59.6 cm³/mol. The van der Waals surface area contributed by atoms with Crippen LogP contribution < -0.4 is 5.73 Å². The van der Waals surface area contributed by atoms with Gasteiger partial charge in [-0.15, -0.1) is 0 Å². The van der Waals surface area contributed by atoms with E-state index in [2.05, 4.69) is 0 Å². The number of benzene rings is 1. The number of hydrogen-bond acceptors (Lipinski definition) is 2. The number of nitrogens with zero attached hydrogens (tertiary/aromatic N) is 1. The maximum Gasteiger partial charge on any atom is 0.242 e. The van der Waals surface area contributed by atoms with Crippen LogP contribution in [0.25, 0.3) is 0 Å². The number of halogens is 1. The largest absolute Gasteiger partial charge is 0.332 e. The first kappa shape index (κ1) is 10.5. The van der Waals surface area contributed by atoms with Gasteiger partial charge in [0.25, 0.3) is 0 Å². The number of rotatable bonds is 2. The van der Waals surface area contributed by atoms with Gasteiger partial charge >= 0.3 is 0 Å². The summed E-state index contributed by atoms with van der Waals surface area (Å²) in [6.07, 6.45) is 0. The molecule has 1 amide bonds. The summed E-state index contributed by atoms with van der Waals surface area (Å²) >= 11 is 5.90. The maximum atomic E-state index is 11.4. The molecule has 2 rings (SSSR count). The molecule has 1 aliphatic rings. The van der Waals surface area contributed by atoms with Crippen molar-refractivity contribution in [3.8, 4) is 0 Å². The molecule has 2 atom stereocenters. The molecular formula is C11H13ClN2O. The van der Waals surface area contributed by atoms with Crippen molar-refractivity contribution >= 4 is 17.5 Å². The molecular weight excluding hydrogens is 212 g/mol. The van der Waals surface area contributed by atoms with Gasteiger partial charge in [0.05, 0.1) is 6.04 Å². The van der Waals surface area contributed by atoms with Crippen LogP contribution in [0.3, 0.4) is 0 Å². The first-order valence-electron chi connectivity index (χ1n) is 4.96. The molecule has 15 heavy (non-hydrogen) atoms. The molecule has 0 aromatic heterocycles. The fraction of sp³-hybridized carbons (Fsp3) is 0.364. The Morgan fingerprint density at radius 3 is 2.87 bits per heavy atom. The summed E-state index contributed by atoms with van der Waals surface area (Å²) in [5, 5.41) is 0.676. The monoisotopic (exact) mass is 224 g/mol. The summed E-state index contributed by atoms with van der Waals surface area (Å²) in [7, 11) is 0. The normalized spacial score (nSPS) is 25.3. The Hall–Kier alpha value is -1.06. The molecule has 2 unspecified atom stereocenters. The molecule has 1 heterocycles. The molecule has 1 aromatic carbocycles. The van der Waals surface area contributed by atoms with Crippen molar-refractivity contribution in [2.75, 3.05) is 6.54 Å². The lowest BCUT2D eigenvalue weighted by Gasteiger charge is -2.45. The van der Waals surface area contributed by atoms with Crippen LogP contribution in [0.4, 0.5) is 0 Å². The fourth-order valence-corrected chi connectivity index (χ4v) is 2.20. The molecule has 0 radical (unpaired) electrons. The Bertz CT molecular complexity index is 394. The van der Waals surface area contributed by atoms with E-state index in [1.165, 1.54) is 0 Å². The van der Waals surface area contributed by atoms with Crippen molar-refractivity contribution in [3.05, 3.63) is 34.9 Å². The van der Waals surface area contributed by atoms with E-state index in [1.807, 2.05) is 31.2 Å². The number of carbonyl (C=O) groups is 1. The fourth-order valence-electron chi connectivity index (χ4n) is 2.01. The summed E-state index contributed by atoms with van der Waals surface area (Å²) < 4.78 is 0. The first-order chi connectivity index (χ1) is 7.15. The van der Waals surface area contributed by atoms with Crippen LogP contribution in [0.15, 0.2) is 24.3 Å². The highest BCUT2D eigenvalue weighted by Gasteiger charge is 2.44. The highest BCUT2D eigenvalue weighted by molar-refractivity contribution is 6.30. The molecule has 4 heteroatoms. The lowest BCUT2D eigenvalue weighted by molar-refractivity contribution is -0.149. The van der Waals surface area contributed by atoms with Gasteiger partial charge in [-0.3, -0.25) is 4.79 Å². The first-order valence-corrected chi connectivity index (χ1v) is 5.34. The topological polar surface area (TPSA) is 46.3 Å². The minimum Gasteiger partial charge on any atom is -0.332 e. The van der Waals surface area contributed by atoms with E-state index in [4.69, 9.17) is 17.3 Å². The van der Waals surface area contributed by atoms with Crippen molar-refractivity contribution in [1.29, 1.82) is 0 Å². The van der Waals surface area contributed by atoms with E-state index in [9.17, 15) is 4.79 Å². The van der Waals surface area contributed by atoms with E-state index in [1.54, 1.807) is 4.90 Å². The van der Waals surface area contributed by atoms with E-state index < -0.39 is 6.04 Å². The van der Waals surface area contributed by atoms with E-state index >= 15 is 0 Å². The molecule has 1 aliphatic heterocycles. The Morgan fingerprint density at radius 2 is 2.27 bits per heavy atom. The number of β-lactam (4-membered cyclic amide) rings is 1. The number of amides is 1. The molecule has 80 valence electrons. The highest BCUT2D eigenvalue weighted by Crippen LogP contribution is 2.33. The molecule has 1 fully saturated rings. The highest BCUT2D eigenvalue weighted by atomic mass is 35.5. The van der Waals surface area contributed by atoms with Gasteiger partial charge in [-0.2, -0.15) is 0 Å². The Balaban J connectivity index is 2.28. The molecule has 0 bridgehead atoms. The minimum absolute atomic E-state index is 0.0128. The smallest absolute Gasteiger partial charge is 0.242 e. The summed E-state index contributed by atoms with van der Waals surface area (Å²) in [6, 6.07) is 7.07. The van der Waals surface area contributed by atoms with Crippen molar-refractivity contribution < 1.29 is 4.79 Å². The third-order valence-corrected chi connectivity index (χ3v) is 3.01. The van der Waals surface area contributed by atoms with Gasteiger partial charge in [-0.1, -0.05) is 23.7 Å². The van der Waals surface area contributed by atoms with Crippen LogP contribution in [-0.2, 0) is 4.79 Å². The second-order valence-electron chi connectivity index (χ2n) is 3.65. The number of hydrogen-bond donors (Lipinski definition) is 1. The van der Waals surface area contributed by atoms with Gasteiger partial charge < -0.3 is 10.6 Å². The summed E-state index contributed by atoms with van der Waals surface area (Å²) in [4.78, 5) is 13.2. The van der Waals surface area contributed by atoms with Gasteiger partial charge in [0.1, 0.15) is 6.04 Å². The van der Waals surface area contributed by atoms with Crippen LogP contribution in [-0.4, -0.2) is 23.4 Å². The van der Waals surface area contributed by atoms with Crippen molar-refractivity contribution in [2.24, 2.45) is 5.73 Å². The Morgan fingerprint density at radius 1 is 1.53 bits per heavy atom. The lowest BCUT2D eigenvalue weighted by Crippen LogP contribution is -2.62. The third-order valence-electron chi connectivity index (χ3n) is 2.78. The zero-order valence-electron chi connectivity index (χ0n) is 8.48. The molecule has 1 saturated heterocycles. The van der Waals surface area contributed by atoms with Crippen molar-refractivity contribution in [1.82, 2.24) is 4.90 Å². The van der Waals surface area contributed by atoms with Crippen LogP contribution in [0, 0.1) is 0 Å². The van der Waals surface area contributed by atoms with E-state index in [0.29, 0.717) is 11.6 Å². The quantitative estimate of drug-likeness (QED) is 0.776. The minimum atomic E-state index is -0.414. The number of carbonyl (C=O) groups excluding carboxylic acids is 1. The third kappa shape index (κ3) is 1.62. The average Bonchev–Trinajstić information content (AvgIpc) is 2.24. The van der Waals surface area contributed by atoms with Crippen molar-refractivity contribution in [3.63, 3.8) is 0 Å². The standard InChI is InChI=1S/C11H13ClN2O/c1-2-14-10(9(13)11(14)15)7-4-3-5-8(12)6-7/h3-6,9-10H,2,13H2,1H3. The van der Waals surface area contributed by atoms with Gasteiger partial charge in [0, 0.05) is 11.6 Å². The van der Waals surface area contributed by atoms with Gasteiger partial charge in [0.15, 0.2) is 0 Å². The molecule has 2 N–H and O–H groups in total. The Kier molecular flexibility index (Phi) is 2.67. The zero-order valence-corrected chi connectivity index (χ0v) is 9.24. The number of likely N-dealkylation sites (N-methyl/N-ethyl adjacent to an activating group) is 1. The van der Waals surface area contributed by atoms with Crippen molar-refractivity contribution in [2.45, 2.75) is 19.0 Å². The SMILES string of the molecule is CCN1C(=O)C(N)C1c1cccc(Cl)c1. The summed E-state index contributed by atoms with van der Waals surface area (Å²) in [5.74, 6) is 0.0162. The van der Waals surface area contributed by atoms with E-state index in [0.717, 1.165) is 5.56 Å². The molecule has 0 aliphatic carbocycles. The summed E-state index contributed by atoms with van der Waals surface area (Å²) in [5.41, 5.74) is 6.79. The van der Waals surface area contributed by atoms with Crippen LogP contribution >= 0.6 is 11.6 Å². The van der Waals surface area contributed by atoms with Crippen LogP contribution in [0.1, 0.15) is 18.5 Å². The average molecular weight is 225 g/mol. The number of likely N-dealkylation sites (tertiary alicyclic amines) is 1. The predicted octanol–water partition coefficient (Wildman–Crippen LogP) is 1.57. The van der Waals surface area contributed by atoms with Crippen LogP contribution in [0.2, 0.25) is 5.02 Å². The second-order valence-corrected chi connectivity index (χ2v) is 4.09. The second kappa shape index (κ2) is 3.83. The summed E-state index contributed by atoms with van der Waals surface area (Å²) in [6.45, 7) is 2.63. The molecule has 1 aromatic rings. The van der Waals surface area contributed by atoms with E-state index in [-0.39, 0.29) is 11.9 Å². The van der Waals surface area contributed by atoms with Crippen LogP contribution in [0.5, 0.6) is 0 Å². The number of nitrogens with two attached hydrogens (primary N) is 1. The molecule has 3 nitrogen and oxygen atoms in total.